The van der Waals surface area contributed by atoms with Crippen molar-refractivity contribution < 1.29 is 28.2 Å². The second-order valence-electron chi connectivity index (χ2n) is 9.48. The number of hydrogen-bond acceptors (Lipinski definition) is 10. The van der Waals surface area contributed by atoms with E-state index < -0.39 is 12.0 Å². The topological polar surface area (TPSA) is 105 Å². The van der Waals surface area contributed by atoms with Gasteiger partial charge in [-0.1, -0.05) is 11.3 Å². The molecule has 0 aliphatic carbocycles. The van der Waals surface area contributed by atoms with Crippen LogP contribution in [0.1, 0.15) is 50.5 Å². The van der Waals surface area contributed by atoms with Crippen molar-refractivity contribution in [3.05, 3.63) is 66.5 Å². The number of rotatable bonds is 8. The number of benzene rings is 1. The third-order valence-electron chi connectivity index (χ3n) is 7.07. The van der Waals surface area contributed by atoms with E-state index in [1.54, 1.807) is 32.1 Å². The summed E-state index contributed by atoms with van der Waals surface area (Å²) in [6.07, 6.45) is 5.23. The van der Waals surface area contributed by atoms with Crippen LogP contribution >= 0.6 is 11.3 Å². The Hall–Kier alpha value is -3.99. The summed E-state index contributed by atoms with van der Waals surface area (Å²) in [4.78, 5) is 34.5. The Bertz CT molecular complexity index is 1600. The van der Waals surface area contributed by atoms with Gasteiger partial charge in [-0.25, -0.2) is 9.79 Å². The molecule has 2 aliphatic heterocycles. The lowest BCUT2D eigenvalue weighted by Gasteiger charge is -2.26. The van der Waals surface area contributed by atoms with E-state index in [2.05, 4.69) is 9.89 Å². The van der Waals surface area contributed by atoms with Gasteiger partial charge in [-0.05, 0) is 56.9 Å². The van der Waals surface area contributed by atoms with E-state index in [0.717, 1.165) is 31.8 Å². The van der Waals surface area contributed by atoms with Crippen molar-refractivity contribution in [3.8, 4) is 17.2 Å². The minimum atomic E-state index is -0.827. The molecule has 0 N–H and O–H groups in total. The molecule has 3 aromatic rings. The van der Waals surface area contributed by atoms with Gasteiger partial charge < -0.3 is 28.3 Å². The average Bonchev–Trinajstić information content (AvgIpc) is 3.56. The van der Waals surface area contributed by atoms with Crippen LogP contribution in [0.4, 0.5) is 5.88 Å². The molecular formula is C29H33N3O7S. The van der Waals surface area contributed by atoms with Gasteiger partial charge >= 0.3 is 5.97 Å². The van der Waals surface area contributed by atoms with Gasteiger partial charge in [0.25, 0.3) is 5.56 Å². The molecule has 1 fully saturated rings. The first-order chi connectivity index (χ1) is 19.4. The van der Waals surface area contributed by atoms with Crippen LogP contribution in [0.5, 0.6) is 17.2 Å². The van der Waals surface area contributed by atoms with E-state index in [-0.39, 0.29) is 17.7 Å². The van der Waals surface area contributed by atoms with Crippen molar-refractivity contribution in [2.45, 2.75) is 39.2 Å². The van der Waals surface area contributed by atoms with Crippen molar-refractivity contribution in [2.24, 2.45) is 4.99 Å². The van der Waals surface area contributed by atoms with Crippen LogP contribution in [0, 0.1) is 0 Å². The Balaban J connectivity index is 1.67. The molecule has 0 bridgehead atoms. The molecule has 0 radical (unpaired) electrons. The minimum Gasteiger partial charge on any atom is -0.493 e. The van der Waals surface area contributed by atoms with Gasteiger partial charge in [0.15, 0.2) is 22.2 Å². The fourth-order valence-electron chi connectivity index (χ4n) is 5.20. The number of methoxy groups -OCH3 is 3. The maximum Gasteiger partial charge on any atom is 0.338 e. The average molecular weight is 568 g/mol. The SMILES string of the molecule is CCOC(=O)C1=C(C)N=c2s/c(=C/c3ccc(N4CCCCC4)o3)c(=O)n2[C@@H]1c1cc(OC)c(OC)c(OC)c1. The number of piperidine rings is 1. The van der Waals surface area contributed by atoms with Crippen LogP contribution in [-0.2, 0) is 9.53 Å². The lowest BCUT2D eigenvalue weighted by molar-refractivity contribution is -0.139. The number of ether oxygens (including phenoxy) is 4. The fraction of sp³-hybridized carbons (Fsp3) is 0.414. The first-order valence-corrected chi connectivity index (χ1v) is 14.1. The Morgan fingerprint density at radius 3 is 2.42 bits per heavy atom. The highest BCUT2D eigenvalue weighted by atomic mass is 32.1. The van der Waals surface area contributed by atoms with Gasteiger partial charge in [0.2, 0.25) is 5.75 Å². The summed E-state index contributed by atoms with van der Waals surface area (Å²) in [7, 11) is 4.55. The number of carbonyl (C=O) groups is 1. The second-order valence-corrected chi connectivity index (χ2v) is 10.5. The number of carbonyl (C=O) groups excluding carboxylic acids is 1. The highest BCUT2D eigenvalue weighted by Crippen LogP contribution is 2.42. The Labute approximate surface area is 235 Å². The van der Waals surface area contributed by atoms with Crippen molar-refractivity contribution >= 4 is 29.3 Å². The summed E-state index contributed by atoms with van der Waals surface area (Å²) < 4.78 is 30.1. The van der Waals surface area contributed by atoms with E-state index in [9.17, 15) is 9.59 Å². The predicted molar refractivity (Wildman–Crippen MR) is 151 cm³/mol. The summed E-state index contributed by atoms with van der Waals surface area (Å²) >= 11 is 1.24. The number of thiazole rings is 1. The molecule has 1 saturated heterocycles. The number of nitrogens with zero attached hydrogens (tertiary/aromatic N) is 3. The molecule has 2 aromatic heterocycles. The zero-order valence-corrected chi connectivity index (χ0v) is 24.1. The van der Waals surface area contributed by atoms with E-state index in [0.29, 0.717) is 43.6 Å². The highest BCUT2D eigenvalue weighted by Gasteiger charge is 2.34. The van der Waals surface area contributed by atoms with E-state index in [1.165, 1.54) is 43.7 Å². The molecule has 1 aromatic carbocycles. The Kier molecular flexibility index (Phi) is 8.02. The molecule has 0 spiro atoms. The number of hydrogen-bond donors (Lipinski definition) is 0. The van der Waals surface area contributed by atoms with Crippen LogP contribution in [-0.4, -0.2) is 51.6 Å². The summed E-state index contributed by atoms with van der Waals surface area (Å²) in [5.74, 6) is 2.04. The highest BCUT2D eigenvalue weighted by molar-refractivity contribution is 7.07. The van der Waals surface area contributed by atoms with Gasteiger partial charge in [0.1, 0.15) is 5.76 Å². The number of allylic oxidation sites excluding steroid dienone is 1. The van der Waals surface area contributed by atoms with Crippen molar-refractivity contribution in [1.82, 2.24) is 4.57 Å². The molecule has 5 rings (SSSR count). The lowest BCUT2D eigenvalue weighted by atomic mass is 9.95. The smallest absolute Gasteiger partial charge is 0.338 e. The number of fused-ring (bicyclic) bond motifs is 1. The van der Waals surface area contributed by atoms with E-state index >= 15 is 0 Å². The second kappa shape index (κ2) is 11.6. The van der Waals surface area contributed by atoms with Crippen LogP contribution in [0.15, 0.2) is 49.7 Å². The van der Waals surface area contributed by atoms with E-state index in [1.807, 2.05) is 12.1 Å². The summed E-state index contributed by atoms with van der Waals surface area (Å²) in [6.45, 7) is 5.57. The first-order valence-electron chi connectivity index (χ1n) is 13.2. The third kappa shape index (κ3) is 5.01. The molecule has 2 aliphatic rings. The Morgan fingerprint density at radius 2 is 1.80 bits per heavy atom. The van der Waals surface area contributed by atoms with Crippen LogP contribution in [0.25, 0.3) is 6.08 Å². The molecule has 0 unspecified atom stereocenters. The molecular weight excluding hydrogens is 534 g/mol. The molecule has 4 heterocycles. The largest absolute Gasteiger partial charge is 0.493 e. The van der Waals surface area contributed by atoms with Gasteiger partial charge in [-0.3, -0.25) is 9.36 Å². The van der Waals surface area contributed by atoms with Gasteiger partial charge in [-0.15, -0.1) is 0 Å². The van der Waals surface area contributed by atoms with Crippen molar-refractivity contribution in [3.63, 3.8) is 0 Å². The van der Waals surface area contributed by atoms with Crippen LogP contribution in [0.2, 0.25) is 0 Å². The van der Waals surface area contributed by atoms with Crippen LogP contribution in [0.3, 0.4) is 0 Å². The monoisotopic (exact) mass is 567 g/mol. The van der Waals surface area contributed by atoms with Crippen LogP contribution < -0.4 is 34.0 Å². The van der Waals surface area contributed by atoms with Gasteiger partial charge in [0.05, 0.1) is 49.8 Å². The molecule has 10 nitrogen and oxygen atoms in total. The standard InChI is InChI=1S/C29H33N3O7S/c1-6-38-28(34)24-17(2)30-29-32(25(24)18-14-20(35-3)26(37-5)21(15-18)36-4)27(33)22(40-29)16-19-10-11-23(39-19)31-12-8-7-9-13-31/h10-11,14-16,25H,6-9,12-13H2,1-5H3/b22-16+/t25-/m1/s1. The lowest BCUT2D eigenvalue weighted by Crippen LogP contribution is -2.40. The normalized spacial score (nSPS) is 17.4. The zero-order valence-electron chi connectivity index (χ0n) is 23.3. The maximum atomic E-state index is 13.9. The zero-order chi connectivity index (χ0) is 28.4. The Morgan fingerprint density at radius 1 is 1.10 bits per heavy atom. The molecule has 0 amide bonds. The number of anilines is 1. The van der Waals surface area contributed by atoms with Gasteiger partial charge in [-0.2, -0.15) is 0 Å². The predicted octanol–water partition coefficient (Wildman–Crippen LogP) is 3.41. The number of aromatic nitrogens is 1. The summed E-state index contributed by atoms with van der Waals surface area (Å²) in [6, 6.07) is 6.45. The third-order valence-corrected chi connectivity index (χ3v) is 8.06. The summed E-state index contributed by atoms with van der Waals surface area (Å²) in [5, 5.41) is 0. The number of esters is 1. The quantitative estimate of drug-likeness (QED) is 0.382. The fourth-order valence-corrected chi connectivity index (χ4v) is 6.23. The maximum absolute atomic E-state index is 13.9. The minimum absolute atomic E-state index is 0.180. The van der Waals surface area contributed by atoms with E-state index in [4.69, 9.17) is 23.4 Å². The molecule has 1 atom stereocenters. The van der Waals surface area contributed by atoms with Gasteiger partial charge in [0, 0.05) is 25.2 Å². The molecule has 212 valence electrons. The molecule has 0 saturated carbocycles. The molecule has 40 heavy (non-hydrogen) atoms. The van der Waals surface area contributed by atoms with Crippen molar-refractivity contribution in [1.29, 1.82) is 0 Å². The summed E-state index contributed by atoms with van der Waals surface area (Å²) in [5.41, 5.74) is 1.02. The molecule has 11 heteroatoms. The first kappa shape index (κ1) is 27.6. The number of furan rings is 1. The van der Waals surface area contributed by atoms with Crippen molar-refractivity contribution in [2.75, 3.05) is 45.9 Å².